The van der Waals surface area contributed by atoms with Gasteiger partial charge in [0.05, 0.1) is 18.3 Å². The number of rotatable bonds is 5. The topological polar surface area (TPSA) is 86.6 Å². The summed E-state index contributed by atoms with van der Waals surface area (Å²) >= 11 is 0. The third-order valence-electron chi connectivity index (χ3n) is 4.87. The molecule has 0 spiro atoms. The van der Waals surface area contributed by atoms with Crippen molar-refractivity contribution in [3.05, 3.63) is 64.6 Å². The van der Waals surface area contributed by atoms with Crippen LogP contribution in [0, 0.1) is 0 Å². The quantitative estimate of drug-likeness (QED) is 0.657. The molecule has 3 aromatic rings. The van der Waals surface area contributed by atoms with E-state index in [9.17, 15) is 14.4 Å². The highest BCUT2D eigenvalue weighted by atomic mass is 16.5. The lowest BCUT2D eigenvalue weighted by Gasteiger charge is -2.23. The van der Waals surface area contributed by atoms with Crippen LogP contribution in [0.3, 0.4) is 0 Å². The van der Waals surface area contributed by atoms with Crippen molar-refractivity contribution in [3.8, 4) is 11.5 Å². The highest BCUT2D eigenvalue weighted by Gasteiger charge is 2.24. The second-order valence-corrected chi connectivity index (χ2v) is 7.55. The third-order valence-corrected chi connectivity index (χ3v) is 4.87. The van der Waals surface area contributed by atoms with E-state index in [0.717, 1.165) is 5.39 Å². The number of Topliss-reactive ketones (excluding diaryl/α,β-unsaturated/α-hetero) is 1. The molecule has 0 aliphatic carbocycles. The number of ketones is 1. The Bertz CT molecular complexity index is 1210. The van der Waals surface area contributed by atoms with Gasteiger partial charge in [-0.25, -0.2) is 0 Å². The summed E-state index contributed by atoms with van der Waals surface area (Å²) in [7, 11) is 0. The molecule has 1 aliphatic rings. The monoisotopic (exact) mass is 406 g/mol. The molecule has 2 aromatic carbocycles. The fourth-order valence-electron chi connectivity index (χ4n) is 3.36. The summed E-state index contributed by atoms with van der Waals surface area (Å²) in [6, 6.07) is 11.9. The molecule has 0 saturated heterocycles. The van der Waals surface area contributed by atoms with Crippen molar-refractivity contribution in [1.82, 2.24) is 4.57 Å². The molecule has 0 bridgehead atoms. The van der Waals surface area contributed by atoms with E-state index < -0.39 is 6.10 Å². The number of nitrogens with zero attached hydrogens (tertiary/aromatic N) is 1. The van der Waals surface area contributed by atoms with Gasteiger partial charge >= 0.3 is 0 Å². The van der Waals surface area contributed by atoms with Crippen molar-refractivity contribution < 1.29 is 19.1 Å². The van der Waals surface area contributed by atoms with Crippen LogP contribution in [-0.2, 0) is 11.3 Å². The van der Waals surface area contributed by atoms with Gasteiger partial charge in [-0.3, -0.25) is 14.4 Å². The molecule has 1 aromatic heterocycles. The summed E-state index contributed by atoms with van der Waals surface area (Å²) in [5.74, 6) is 0.699. The number of hydrogen-bond acceptors (Lipinski definition) is 5. The zero-order chi connectivity index (χ0) is 21.4. The van der Waals surface area contributed by atoms with Gasteiger partial charge in [0.25, 0.3) is 11.5 Å². The summed E-state index contributed by atoms with van der Waals surface area (Å²) in [5.41, 5.74) is 0.590. The Hall–Kier alpha value is -3.61. The number of anilines is 1. The standard InChI is InChI=1S/C23H22N2O5/c1-13(2)29-17-5-6-18-15(10-17)8-9-25(23(18)28)12-20(26)16-4-7-21-19(11-16)24-22(27)14(3)30-21/h4-11,13-14H,12H2,1-3H3,(H,24,27). The molecule has 7 nitrogen and oxygen atoms in total. The number of nitrogens with one attached hydrogen (secondary N) is 1. The Balaban J connectivity index is 1.59. The Kier molecular flexibility index (Phi) is 5.03. The first-order valence-electron chi connectivity index (χ1n) is 9.76. The maximum Gasteiger partial charge on any atom is 0.265 e. The number of pyridine rings is 1. The molecule has 1 N–H and O–H groups in total. The van der Waals surface area contributed by atoms with E-state index in [0.29, 0.717) is 28.1 Å². The molecule has 154 valence electrons. The average Bonchev–Trinajstić information content (AvgIpc) is 2.70. The van der Waals surface area contributed by atoms with Crippen molar-refractivity contribution in [2.45, 2.75) is 39.5 Å². The summed E-state index contributed by atoms with van der Waals surface area (Å²) < 4.78 is 12.6. The van der Waals surface area contributed by atoms with Crippen LogP contribution in [0.1, 0.15) is 31.1 Å². The highest BCUT2D eigenvalue weighted by Crippen LogP contribution is 2.30. The first-order valence-corrected chi connectivity index (χ1v) is 9.76. The van der Waals surface area contributed by atoms with E-state index in [4.69, 9.17) is 9.47 Å². The van der Waals surface area contributed by atoms with Crippen molar-refractivity contribution in [3.63, 3.8) is 0 Å². The average molecular weight is 406 g/mol. The van der Waals surface area contributed by atoms with Crippen molar-refractivity contribution in [1.29, 1.82) is 0 Å². The van der Waals surface area contributed by atoms with Gasteiger partial charge in [0.2, 0.25) is 0 Å². The minimum atomic E-state index is -0.582. The van der Waals surface area contributed by atoms with Gasteiger partial charge in [-0.1, -0.05) is 0 Å². The van der Waals surface area contributed by atoms with Gasteiger partial charge < -0.3 is 19.4 Å². The van der Waals surface area contributed by atoms with Gasteiger partial charge in [0, 0.05) is 17.1 Å². The lowest BCUT2D eigenvalue weighted by molar-refractivity contribution is -0.122. The predicted molar refractivity (Wildman–Crippen MR) is 113 cm³/mol. The molecule has 0 saturated carbocycles. The number of amides is 1. The lowest BCUT2D eigenvalue weighted by atomic mass is 10.1. The van der Waals surface area contributed by atoms with E-state index in [2.05, 4.69) is 5.32 Å². The summed E-state index contributed by atoms with van der Waals surface area (Å²) in [6.07, 6.45) is 1.06. The largest absolute Gasteiger partial charge is 0.491 e. The van der Waals surface area contributed by atoms with Gasteiger partial charge in [0.15, 0.2) is 11.9 Å². The Morgan fingerprint density at radius 3 is 2.73 bits per heavy atom. The van der Waals surface area contributed by atoms with Crippen LogP contribution in [0.2, 0.25) is 0 Å². The number of carbonyl (C=O) groups excluding carboxylic acids is 2. The smallest absolute Gasteiger partial charge is 0.265 e. The Morgan fingerprint density at radius 2 is 1.97 bits per heavy atom. The Morgan fingerprint density at radius 1 is 1.17 bits per heavy atom. The third kappa shape index (κ3) is 3.78. The molecule has 30 heavy (non-hydrogen) atoms. The van der Waals surface area contributed by atoms with Crippen LogP contribution in [0.5, 0.6) is 11.5 Å². The first kappa shape index (κ1) is 19.7. The van der Waals surface area contributed by atoms with E-state index in [1.165, 1.54) is 4.57 Å². The van der Waals surface area contributed by atoms with Crippen molar-refractivity contribution >= 4 is 28.2 Å². The number of ether oxygens (including phenoxy) is 2. The second-order valence-electron chi connectivity index (χ2n) is 7.55. The molecule has 1 amide bonds. The molecule has 1 aliphatic heterocycles. The van der Waals surface area contributed by atoms with Crippen molar-refractivity contribution in [2.24, 2.45) is 0 Å². The van der Waals surface area contributed by atoms with Crippen LogP contribution in [0.15, 0.2) is 53.5 Å². The van der Waals surface area contributed by atoms with E-state index >= 15 is 0 Å². The van der Waals surface area contributed by atoms with Crippen LogP contribution >= 0.6 is 0 Å². The van der Waals surface area contributed by atoms with Crippen LogP contribution < -0.4 is 20.3 Å². The summed E-state index contributed by atoms with van der Waals surface area (Å²) in [4.78, 5) is 37.4. The summed E-state index contributed by atoms with van der Waals surface area (Å²) in [6.45, 7) is 5.42. The number of fused-ring (bicyclic) bond motifs is 2. The number of benzene rings is 2. The molecular formula is C23H22N2O5. The van der Waals surface area contributed by atoms with Crippen molar-refractivity contribution in [2.75, 3.05) is 5.32 Å². The van der Waals surface area contributed by atoms with Gasteiger partial charge in [-0.05, 0) is 68.6 Å². The first-order chi connectivity index (χ1) is 14.3. The molecule has 7 heteroatoms. The SMILES string of the molecule is CC(C)Oc1ccc2c(=O)n(CC(=O)c3ccc4c(c3)NC(=O)C(C)O4)ccc2c1. The maximum atomic E-state index is 12.8. The predicted octanol–water partition coefficient (Wildman–Crippen LogP) is 3.39. The molecule has 1 atom stereocenters. The highest BCUT2D eigenvalue weighted by molar-refractivity contribution is 6.01. The number of hydrogen-bond donors (Lipinski definition) is 1. The van der Waals surface area contributed by atoms with E-state index in [1.54, 1.807) is 49.5 Å². The molecule has 0 fully saturated rings. The summed E-state index contributed by atoms with van der Waals surface area (Å²) in [5, 5.41) is 4.00. The molecular weight excluding hydrogens is 384 g/mol. The molecule has 0 radical (unpaired) electrons. The van der Waals surface area contributed by atoms with Crippen LogP contribution in [0.25, 0.3) is 10.8 Å². The minimum Gasteiger partial charge on any atom is -0.491 e. The fourth-order valence-corrected chi connectivity index (χ4v) is 3.36. The van der Waals surface area contributed by atoms with E-state index in [1.807, 2.05) is 19.9 Å². The van der Waals surface area contributed by atoms with Gasteiger partial charge in [0.1, 0.15) is 11.5 Å². The second kappa shape index (κ2) is 7.67. The minimum absolute atomic E-state index is 0.0375. The molecule has 4 rings (SSSR count). The Labute approximate surface area is 173 Å². The number of carbonyl (C=O) groups is 2. The van der Waals surface area contributed by atoms with Crippen LogP contribution in [0.4, 0.5) is 5.69 Å². The maximum absolute atomic E-state index is 12.8. The zero-order valence-corrected chi connectivity index (χ0v) is 17.0. The normalized spacial score (nSPS) is 15.5. The molecule has 1 unspecified atom stereocenters. The van der Waals surface area contributed by atoms with Crippen LogP contribution in [-0.4, -0.2) is 28.5 Å². The van der Waals surface area contributed by atoms with E-state index in [-0.39, 0.29) is 29.9 Å². The lowest BCUT2D eigenvalue weighted by Crippen LogP contribution is -2.34. The van der Waals surface area contributed by atoms with Gasteiger partial charge in [-0.2, -0.15) is 0 Å². The number of aromatic nitrogens is 1. The zero-order valence-electron chi connectivity index (χ0n) is 17.0. The fraction of sp³-hybridized carbons (Fsp3) is 0.261. The van der Waals surface area contributed by atoms with Gasteiger partial charge in [-0.15, -0.1) is 0 Å². The molecule has 2 heterocycles.